The standard InChI is InChI=1S/C25H29ClN2O3.C4H10O3/c1-17-4-5-20(26)15-23(17)25(18(2)29)8-10-28(11-9-25)12-13-31-21-6-7-22-19(14-21)16-27(3)24(22)30;1-2-3-4(5,6)7/h4-7,14-15H,8-13,16H2,1-3H3;5-7H,2-3H2,1H3. The maximum absolute atomic E-state index is 12.7. The summed E-state index contributed by atoms with van der Waals surface area (Å²) < 4.78 is 5.97. The highest BCUT2D eigenvalue weighted by Crippen LogP contribution is 2.39. The van der Waals surface area contributed by atoms with Gasteiger partial charge in [-0.05, 0) is 93.2 Å². The summed E-state index contributed by atoms with van der Waals surface area (Å²) in [6.07, 6.45) is 2.14. The fraction of sp³-hybridized carbons (Fsp3) is 0.517. The van der Waals surface area contributed by atoms with Crippen molar-refractivity contribution < 1.29 is 29.6 Å². The van der Waals surface area contributed by atoms with Gasteiger partial charge in [0.25, 0.3) is 11.9 Å². The molecule has 0 unspecified atom stereocenters. The van der Waals surface area contributed by atoms with Gasteiger partial charge in [-0.3, -0.25) is 14.5 Å². The van der Waals surface area contributed by atoms with E-state index in [9.17, 15) is 9.59 Å². The third kappa shape index (κ3) is 7.33. The quantitative estimate of drug-likeness (QED) is 0.433. The van der Waals surface area contributed by atoms with Gasteiger partial charge in [0.15, 0.2) is 0 Å². The summed E-state index contributed by atoms with van der Waals surface area (Å²) in [5.41, 5.74) is 3.53. The van der Waals surface area contributed by atoms with Crippen molar-refractivity contribution in [1.29, 1.82) is 0 Å². The number of hydrogen-bond donors (Lipinski definition) is 3. The zero-order valence-electron chi connectivity index (χ0n) is 22.7. The van der Waals surface area contributed by atoms with Gasteiger partial charge < -0.3 is 25.0 Å². The van der Waals surface area contributed by atoms with Crippen molar-refractivity contribution in [2.24, 2.45) is 0 Å². The molecule has 2 aliphatic heterocycles. The van der Waals surface area contributed by atoms with Gasteiger partial charge in [-0.15, -0.1) is 0 Å². The van der Waals surface area contributed by atoms with E-state index in [1.165, 1.54) is 0 Å². The smallest absolute Gasteiger partial charge is 0.275 e. The molecule has 0 saturated carbocycles. The molecule has 1 fully saturated rings. The Balaban J connectivity index is 0.000000505. The van der Waals surface area contributed by atoms with Crippen molar-refractivity contribution in [2.75, 3.05) is 33.3 Å². The second-order valence-corrected chi connectivity index (χ2v) is 10.7. The average molecular weight is 547 g/mol. The Bertz CT molecular complexity index is 1140. The molecule has 2 aliphatic rings. The van der Waals surface area contributed by atoms with Gasteiger partial charge in [0.1, 0.15) is 18.1 Å². The van der Waals surface area contributed by atoms with Crippen LogP contribution < -0.4 is 4.74 Å². The number of hydrogen-bond acceptors (Lipinski definition) is 7. The molecule has 9 heteroatoms. The highest BCUT2D eigenvalue weighted by molar-refractivity contribution is 6.30. The molecule has 1 amide bonds. The number of ether oxygens (including phenoxy) is 1. The molecule has 3 N–H and O–H groups in total. The minimum Gasteiger partial charge on any atom is -0.492 e. The van der Waals surface area contributed by atoms with E-state index in [4.69, 9.17) is 31.7 Å². The summed E-state index contributed by atoms with van der Waals surface area (Å²) in [6, 6.07) is 11.5. The first-order chi connectivity index (χ1) is 17.9. The molecule has 0 aliphatic carbocycles. The number of halogens is 1. The number of rotatable bonds is 8. The predicted octanol–water partition coefficient (Wildman–Crippen LogP) is 3.65. The first kappa shape index (κ1) is 30.1. The van der Waals surface area contributed by atoms with Gasteiger partial charge in [0, 0.05) is 37.1 Å². The number of carbonyl (C=O) groups is 2. The minimum absolute atomic E-state index is 0.00694. The van der Waals surface area contributed by atoms with Crippen molar-refractivity contribution in [3.63, 3.8) is 0 Å². The number of piperidine rings is 1. The van der Waals surface area contributed by atoms with E-state index in [0.29, 0.717) is 24.6 Å². The van der Waals surface area contributed by atoms with E-state index >= 15 is 0 Å². The predicted molar refractivity (Wildman–Crippen MR) is 146 cm³/mol. The van der Waals surface area contributed by atoms with Crippen LogP contribution in [0.5, 0.6) is 5.75 Å². The van der Waals surface area contributed by atoms with Crippen LogP contribution in [0, 0.1) is 6.92 Å². The lowest BCUT2D eigenvalue weighted by Crippen LogP contribution is -2.47. The Morgan fingerprint density at radius 1 is 1.13 bits per heavy atom. The van der Waals surface area contributed by atoms with E-state index < -0.39 is 11.4 Å². The molecule has 4 rings (SSSR count). The SMILES string of the molecule is CC(=O)C1(c2cc(Cl)ccc2C)CCN(CCOc2ccc3c(c2)CN(C)C3=O)CC1.CCCC(O)(O)O. The Morgan fingerprint density at radius 3 is 2.39 bits per heavy atom. The molecule has 0 atom stereocenters. The molecule has 208 valence electrons. The van der Waals surface area contributed by atoms with Gasteiger partial charge in [-0.1, -0.05) is 24.6 Å². The van der Waals surface area contributed by atoms with Gasteiger partial charge >= 0.3 is 0 Å². The van der Waals surface area contributed by atoms with Crippen LogP contribution in [-0.4, -0.2) is 76.1 Å². The van der Waals surface area contributed by atoms with E-state index in [-0.39, 0.29) is 18.1 Å². The highest BCUT2D eigenvalue weighted by atomic mass is 35.5. The van der Waals surface area contributed by atoms with E-state index in [2.05, 4.69) is 11.8 Å². The van der Waals surface area contributed by atoms with Crippen LogP contribution in [0.4, 0.5) is 0 Å². The Kier molecular flexibility index (Phi) is 9.95. The third-order valence-corrected chi connectivity index (χ3v) is 7.66. The summed E-state index contributed by atoms with van der Waals surface area (Å²) in [6.45, 7) is 9.21. The molecule has 38 heavy (non-hydrogen) atoms. The number of fused-ring (bicyclic) bond motifs is 1. The summed E-state index contributed by atoms with van der Waals surface area (Å²) >= 11 is 6.25. The third-order valence-electron chi connectivity index (χ3n) is 7.42. The summed E-state index contributed by atoms with van der Waals surface area (Å²) in [5, 5.41) is 25.1. The summed E-state index contributed by atoms with van der Waals surface area (Å²) in [5.74, 6) is -1.37. The van der Waals surface area contributed by atoms with Crippen LogP contribution >= 0.6 is 11.6 Å². The first-order valence-corrected chi connectivity index (χ1v) is 13.4. The fourth-order valence-corrected chi connectivity index (χ4v) is 5.41. The van der Waals surface area contributed by atoms with Crippen molar-refractivity contribution in [1.82, 2.24) is 9.80 Å². The lowest BCUT2D eigenvalue weighted by atomic mass is 9.69. The molecule has 2 aromatic rings. The van der Waals surface area contributed by atoms with Crippen LogP contribution in [0.1, 0.15) is 66.6 Å². The van der Waals surface area contributed by atoms with Gasteiger partial charge in [0.05, 0.1) is 5.41 Å². The number of likely N-dealkylation sites (tertiary alicyclic amines) is 1. The van der Waals surface area contributed by atoms with Gasteiger partial charge in [0.2, 0.25) is 0 Å². The average Bonchev–Trinajstić information content (AvgIpc) is 3.13. The Labute approximate surface area is 229 Å². The highest BCUT2D eigenvalue weighted by Gasteiger charge is 2.41. The minimum atomic E-state index is -2.45. The van der Waals surface area contributed by atoms with E-state index in [1.54, 1.807) is 18.7 Å². The van der Waals surface area contributed by atoms with Gasteiger partial charge in [-0.25, -0.2) is 0 Å². The molecule has 8 nitrogen and oxygen atoms in total. The molecule has 0 radical (unpaired) electrons. The van der Waals surface area contributed by atoms with Crippen LogP contribution in [0.15, 0.2) is 36.4 Å². The normalized spacial score (nSPS) is 17.1. The molecule has 1 saturated heterocycles. The van der Waals surface area contributed by atoms with E-state index in [0.717, 1.165) is 60.5 Å². The van der Waals surface area contributed by atoms with Crippen LogP contribution in [0.3, 0.4) is 0 Å². The molecular weight excluding hydrogens is 508 g/mol. The zero-order valence-corrected chi connectivity index (χ0v) is 23.4. The van der Waals surface area contributed by atoms with Crippen molar-refractivity contribution >= 4 is 23.3 Å². The zero-order chi connectivity index (χ0) is 28.1. The monoisotopic (exact) mass is 546 g/mol. The topological polar surface area (TPSA) is 111 Å². The largest absolute Gasteiger partial charge is 0.492 e. The van der Waals surface area contributed by atoms with Crippen molar-refractivity contribution in [2.45, 2.75) is 64.4 Å². The van der Waals surface area contributed by atoms with Crippen LogP contribution in [0.25, 0.3) is 0 Å². The molecule has 2 heterocycles. The second kappa shape index (κ2) is 12.6. The van der Waals surface area contributed by atoms with Crippen LogP contribution in [0.2, 0.25) is 5.02 Å². The van der Waals surface area contributed by atoms with Crippen LogP contribution in [-0.2, 0) is 16.8 Å². The number of benzene rings is 2. The Morgan fingerprint density at radius 2 is 1.82 bits per heavy atom. The van der Waals surface area contributed by atoms with Crippen molar-refractivity contribution in [3.05, 3.63) is 63.7 Å². The van der Waals surface area contributed by atoms with E-state index in [1.807, 2.05) is 43.4 Å². The lowest BCUT2D eigenvalue weighted by Gasteiger charge is -2.41. The number of Topliss-reactive ketones (excluding diaryl/α,β-unsaturated/α-hetero) is 1. The number of aliphatic hydroxyl groups is 3. The maximum Gasteiger partial charge on any atom is 0.275 e. The molecular formula is C29H39ClN2O6. The van der Waals surface area contributed by atoms with Crippen molar-refractivity contribution in [3.8, 4) is 5.75 Å². The number of nitrogens with zero attached hydrogens (tertiary/aromatic N) is 2. The molecule has 0 aromatic heterocycles. The number of amides is 1. The molecule has 2 aromatic carbocycles. The first-order valence-electron chi connectivity index (χ1n) is 13.0. The summed E-state index contributed by atoms with van der Waals surface area (Å²) in [4.78, 5) is 28.8. The number of ketones is 1. The summed E-state index contributed by atoms with van der Waals surface area (Å²) in [7, 11) is 1.81. The molecule has 0 bridgehead atoms. The maximum atomic E-state index is 12.7. The second-order valence-electron chi connectivity index (χ2n) is 10.3. The number of aryl methyl sites for hydroxylation is 1. The Hall–Kier alpha value is -2.49. The van der Waals surface area contributed by atoms with Gasteiger partial charge in [-0.2, -0.15) is 0 Å². The fourth-order valence-electron chi connectivity index (χ4n) is 5.24. The number of carbonyl (C=O) groups excluding carboxylic acids is 2. The molecule has 0 spiro atoms. The lowest BCUT2D eigenvalue weighted by molar-refractivity contribution is -0.314.